The van der Waals surface area contributed by atoms with Crippen molar-refractivity contribution < 1.29 is 22.1 Å². The molecule has 7 nitrogen and oxygen atoms in total. The van der Waals surface area contributed by atoms with E-state index in [2.05, 4.69) is 31.4 Å². The van der Waals surface area contributed by atoms with Gasteiger partial charge < -0.3 is 8.92 Å². The zero-order chi connectivity index (χ0) is 15.9. The minimum Gasteiger partial charge on any atom is -0.433 e. The molecule has 21 heavy (non-hydrogen) atoms. The van der Waals surface area contributed by atoms with E-state index in [1.807, 2.05) is 16.9 Å². The van der Waals surface area contributed by atoms with E-state index < -0.39 is 22.5 Å². The summed E-state index contributed by atoms with van der Waals surface area (Å²) in [6.45, 7) is 1.48. The zero-order valence-electron chi connectivity index (χ0n) is 11.2. The monoisotopic (exact) mass is 376 g/mol. The van der Waals surface area contributed by atoms with Gasteiger partial charge in [-0.1, -0.05) is 22.0 Å². The summed E-state index contributed by atoms with van der Waals surface area (Å²) in [5.74, 6) is 2.32. The summed E-state index contributed by atoms with van der Waals surface area (Å²) in [5, 5.41) is 2.50. The first-order valence-corrected chi connectivity index (χ1v) is 7.88. The van der Waals surface area contributed by atoms with E-state index in [0.717, 1.165) is 4.47 Å². The number of halogens is 1. The number of rotatable bonds is 4. The molecule has 0 heterocycles. The molecule has 2 N–H and O–H groups in total. The molecule has 0 bridgehead atoms. The van der Waals surface area contributed by atoms with E-state index in [9.17, 15) is 13.2 Å². The fourth-order valence-corrected chi connectivity index (χ4v) is 1.75. The molecule has 1 aromatic rings. The molecule has 0 radical (unpaired) electrons. The Hall–Kier alpha value is -1.76. The first-order chi connectivity index (χ1) is 9.82. The van der Waals surface area contributed by atoms with Crippen molar-refractivity contribution in [3.63, 3.8) is 0 Å². The number of nitrogens with one attached hydrogen (secondary N) is 2. The molecule has 1 atom stereocenters. The van der Waals surface area contributed by atoms with Gasteiger partial charge in [-0.25, -0.2) is 4.79 Å². The highest BCUT2D eigenvalue weighted by molar-refractivity contribution is 9.10. The summed E-state index contributed by atoms with van der Waals surface area (Å²) >= 11 is 3.27. The van der Waals surface area contributed by atoms with Gasteiger partial charge >= 0.3 is 16.4 Å². The molecule has 0 aliphatic carbocycles. The predicted molar refractivity (Wildman–Crippen MR) is 80.5 cm³/mol. The van der Waals surface area contributed by atoms with Crippen LogP contribution in [0.5, 0.6) is 0 Å². The van der Waals surface area contributed by atoms with E-state index in [1.165, 1.54) is 14.0 Å². The third-order valence-corrected chi connectivity index (χ3v) is 3.31. The number of benzene rings is 1. The number of carbonyl (C=O) groups is 1. The fraction of sp³-hybridized carbons (Fsp3) is 0.250. The molecule has 0 saturated carbocycles. The van der Waals surface area contributed by atoms with Crippen molar-refractivity contribution in [3.8, 4) is 12.0 Å². The molecule has 1 unspecified atom stereocenters. The van der Waals surface area contributed by atoms with E-state index in [-0.39, 0.29) is 0 Å². The lowest BCUT2D eigenvalue weighted by molar-refractivity contribution is 0.145. The minimum absolute atomic E-state index is 0.545. The van der Waals surface area contributed by atoms with Crippen LogP contribution in [0.3, 0.4) is 0 Å². The first-order valence-electron chi connectivity index (χ1n) is 5.68. The number of anilines is 1. The molecule has 0 fully saturated rings. The zero-order valence-corrected chi connectivity index (χ0v) is 13.6. The molecule has 9 heteroatoms. The fourth-order valence-electron chi connectivity index (χ4n) is 1.11. The molecular weight excluding hydrogens is 364 g/mol. The van der Waals surface area contributed by atoms with Crippen molar-refractivity contribution in [1.29, 1.82) is 0 Å². The largest absolute Gasteiger partial charge is 0.433 e. The van der Waals surface area contributed by atoms with Gasteiger partial charge in [-0.2, -0.15) is 13.1 Å². The van der Waals surface area contributed by atoms with Crippen molar-refractivity contribution in [2.24, 2.45) is 0 Å². The van der Waals surface area contributed by atoms with Gasteiger partial charge in [0.25, 0.3) is 0 Å². The lowest BCUT2D eigenvalue weighted by Crippen LogP contribution is -2.20. The average Bonchev–Trinajstić information content (AvgIpc) is 2.38. The Morgan fingerprint density at radius 2 is 2.14 bits per heavy atom. The van der Waals surface area contributed by atoms with Gasteiger partial charge in [0.15, 0.2) is 6.10 Å². The topological polar surface area (TPSA) is 93.7 Å². The highest BCUT2D eigenvalue weighted by Crippen LogP contribution is 2.15. The van der Waals surface area contributed by atoms with Crippen molar-refractivity contribution in [2.45, 2.75) is 13.0 Å². The third kappa shape index (κ3) is 6.99. The van der Waals surface area contributed by atoms with Crippen LogP contribution >= 0.6 is 15.9 Å². The summed E-state index contributed by atoms with van der Waals surface area (Å²) in [4.78, 5) is 11.6. The Balaban J connectivity index is 2.50. The van der Waals surface area contributed by atoms with Crippen molar-refractivity contribution in [3.05, 3.63) is 28.7 Å². The Morgan fingerprint density at radius 1 is 1.43 bits per heavy atom. The molecule has 0 aliphatic rings. The van der Waals surface area contributed by atoms with E-state index in [0.29, 0.717) is 5.69 Å². The van der Waals surface area contributed by atoms with Crippen LogP contribution in [0.4, 0.5) is 10.5 Å². The van der Waals surface area contributed by atoms with Gasteiger partial charge in [0.05, 0.1) is 0 Å². The molecule has 0 saturated heterocycles. The second-order valence-corrected chi connectivity index (χ2v) is 6.07. The average molecular weight is 377 g/mol. The normalized spacial score (nSPS) is 11.8. The van der Waals surface area contributed by atoms with Crippen LogP contribution in [0.2, 0.25) is 0 Å². The lowest BCUT2D eigenvalue weighted by atomic mass is 10.3. The van der Waals surface area contributed by atoms with Gasteiger partial charge in [0, 0.05) is 17.2 Å². The Kier molecular flexibility index (Phi) is 6.48. The summed E-state index contributed by atoms with van der Waals surface area (Å²) < 4.78 is 33.7. The number of hydrogen-bond acceptors (Lipinski definition) is 5. The quantitative estimate of drug-likeness (QED) is 0.781. The summed E-state index contributed by atoms with van der Waals surface area (Å²) in [7, 11) is -2.70. The molecule has 1 aromatic carbocycles. The van der Waals surface area contributed by atoms with Gasteiger partial charge in [-0.3, -0.25) is 5.32 Å². The Morgan fingerprint density at radius 3 is 2.76 bits per heavy atom. The number of carbonyl (C=O) groups excluding carboxylic acids is 1. The maximum Gasteiger partial charge on any atom is 0.412 e. The highest BCUT2D eigenvalue weighted by Gasteiger charge is 2.08. The van der Waals surface area contributed by atoms with Crippen LogP contribution in [-0.4, -0.2) is 27.7 Å². The third-order valence-electron chi connectivity index (χ3n) is 2.02. The number of amides is 1. The van der Waals surface area contributed by atoms with Crippen LogP contribution in [0.15, 0.2) is 28.7 Å². The van der Waals surface area contributed by atoms with Gasteiger partial charge in [-0.15, -0.1) is 0 Å². The predicted octanol–water partition coefficient (Wildman–Crippen LogP) is 1.83. The Labute approximate surface area is 131 Å². The van der Waals surface area contributed by atoms with Gasteiger partial charge in [0.1, 0.15) is 6.11 Å². The van der Waals surface area contributed by atoms with E-state index in [1.54, 1.807) is 18.2 Å². The standard InChI is InChI=1S/C12H13BrN2O5S/c1-9(6-7-19-21(17,18)14-2)20-12(16)15-11-5-3-4-10(13)8-11/h3-5,8-9,14H,1-2H3,(H,15,16). The first kappa shape index (κ1) is 17.3. The molecule has 0 spiro atoms. The smallest absolute Gasteiger partial charge is 0.412 e. The molecule has 114 valence electrons. The minimum atomic E-state index is -3.88. The van der Waals surface area contributed by atoms with Crippen LogP contribution < -0.4 is 10.0 Å². The molecule has 1 amide bonds. The van der Waals surface area contributed by atoms with Crippen LogP contribution in [0, 0.1) is 12.0 Å². The van der Waals surface area contributed by atoms with Gasteiger partial charge in [0.2, 0.25) is 0 Å². The van der Waals surface area contributed by atoms with Crippen LogP contribution in [0.1, 0.15) is 6.92 Å². The van der Waals surface area contributed by atoms with Crippen LogP contribution in [-0.2, 0) is 19.2 Å². The number of hydrogen-bond donors (Lipinski definition) is 2. The van der Waals surface area contributed by atoms with E-state index in [4.69, 9.17) is 4.74 Å². The highest BCUT2D eigenvalue weighted by atomic mass is 79.9. The molecule has 0 aromatic heterocycles. The maximum atomic E-state index is 11.6. The van der Waals surface area contributed by atoms with Crippen LogP contribution in [0.25, 0.3) is 0 Å². The van der Waals surface area contributed by atoms with Gasteiger partial charge in [-0.05, 0) is 31.0 Å². The second kappa shape index (κ2) is 7.87. The second-order valence-electron chi connectivity index (χ2n) is 3.67. The summed E-state index contributed by atoms with van der Waals surface area (Å²) in [6, 6.07) is 6.94. The van der Waals surface area contributed by atoms with E-state index >= 15 is 0 Å². The summed E-state index contributed by atoms with van der Waals surface area (Å²) in [6.07, 6.45) is 0.382. The number of ether oxygens (including phenoxy) is 1. The summed E-state index contributed by atoms with van der Waals surface area (Å²) in [5.41, 5.74) is 0.545. The maximum absolute atomic E-state index is 11.6. The SMILES string of the molecule is CNS(=O)(=O)OC#CC(C)OC(=O)Nc1cccc(Br)c1. The van der Waals surface area contributed by atoms with Crippen molar-refractivity contribution >= 4 is 38.0 Å². The molecule has 1 rings (SSSR count). The molecular formula is C12H13BrN2O5S. The Bertz CT molecular complexity index is 666. The molecule has 0 aliphatic heterocycles. The lowest BCUT2D eigenvalue weighted by Gasteiger charge is -2.08. The van der Waals surface area contributed by atoms with Crippen molar-refractivity contribution in [1.82, 2.24) is 4.72 Å². The van der Waals surface area contributed by atoms with Crippen molar-refractivity contribution in [2.75, 3.05) is 12.4 Å².